The van der Waals surface area contributed by atoms with Crippen molar-refractivity contribution < 1.29 is 19.1 Å². The van der Waals surface area contributed by atoms with Crippen LogP contribution >= 0.6 is 0 Å². The molecule has 8 nitrogen and oxygen atoms in total. The Balaban J connectivity index is 2.33. The van der Waals surface area contributed by atoms with Gasteiger partial charge in [0.2, 0.25) is 0 Å². The Kier molecular flexibility index (Phi) is 5.41. The Labute approximate surface area is 139 Å². The zero-order chi connectivity index (χ0) is 17.7. The number of carbonyl (C=O) groups is 2. The molecule has 2 rings (SSSR count). The number of aryl methyl sites for hydroxylation is 1. The van der Waals surface area contributed by atoms with Crippen LogP contribution in [0.4, 0.5) is 5.69 Å². The lowest BCUT2D eigenvalue weighted by Crippen LogP contribution is -2.21. The highest BCUT2D eigenvalue weighted by Gasteiger charge is 2.19. The van der Waals surface area contributed by atoms with Crippen molar-refractivity contribution in [2.24, 2.45) is 0 Å². The molecule has 1 heterocycles. The highest BCUT2D eigenvalue weighted by Crippen LogP contribution is 2.24. The van der Waals surface area contributed by atoms with E-state index in [0.717, 1.165) is 0 Å². The Bertz CT molecular complexity index is 732. The third-order valence-corrected chi connectivity index (χ3v) is 3.39. The second-order valence-electron chi connectivity index (χ2n) is 4.88. The number of carbonyl (C=O) groups excluding carboxylic acids is 2. The molecule has 0 aliphatic heterocycles. The summed E-state index contributed by atoms with van der Waals surface area (Å²) in [6, 6.07) is 4.84. The number of nitrogens with zero attached hydrogens (tertiary/aromatic N) is 2. The number of hydrogen-bond donors (Lipinski definition) is 2. The molecular formula is C16H20N4O4. The molecule has 2 amide bonds. The lowest BCUT2D eigenvalue weighted by molar-refractivity contribution is 0.0958. The molecule has 0 saturated heterocycles. The smallest absolute Gasteiger partial charge is 0.273 e. The Morgan fingerprint density at radius 1 is 1.12 bits per heavy atom. The Hall–Kier alpha value is -3.03. The summed E-state index contributed by atoms with van der Waals surface area (Å²) in [5.41, 5.74) is 0.837. The van der Waals surface area contributed by atoms with Crippen LogP contribution in [0.2, 0.25) is 0 Å². The average molecular weight is 332 g/mol. The van der Waals surface area contributed by atoms with Crippen LogP contribution in [0.15, 0.2) is 24.4 Å². The SMILES string of the molecule is CCn1cc(NC(=O)c2cc(OC)cc(OC)c2)c(C(=O)NC)n1. The van der Waals surface area contributed by atoms with Crippen LogP contribution in [0.1, 0.15) is 27.8 Å². The summed E-state index contributed by atoms with van der Waals surface area (Å²) in [6.45, 7) is 2.46. The zero-order valence-electron chi connectivity index (χ0n) is 14.0. The van der Waals surface area contributed by atoms with Crippen molar-refractivity contribution in [1.29, 1.82) is 0 Å². The summed E-state index contributed by atoms with van der Waals surface area (Å²) in [5.74, 6) is 0.222. The van der Waals surface area contributed by atoms with E-state index in [1.165, 1.54) is 21.3 Å². The van der Waals surface area contributed by atoms with Crippen molar-refractivity contribution in [3.05, 3.63) is 35.7 Å². The van der Waals surface area contributed by atoms with Gasteiger partial charge in [0, 0.05) is 31.4 Å². The van der Waals surface area contributed by atoms with Crippen LogP contribution in [0.5, 0.6) is 11.5 Å². The van der Waals surface area contributed by atoms with E-state index in [0.29, 0.717) is 29.3 Å². The molecule has 0 aliphatic rings. The molecule has 2 aromatic rings. The third-order valence-electron chi connectivity index (χ3n) is 3.39. The van der Waals surface area contributed by atoms with Crippen molar-refractivity contribution in [3.63, 3.8) is 0 Å². The van der Waals surface area contributed by atoms with Gasteiger partial charge in [0.25, 0.3) is 11.8 Å². The number of rotatable bonds is 6. The first-order valence-electron chi connectivity index (χ1n) is 7.36. The van der Waals surface area contributed by atoms with Gasteiger partial charge in [-0.05, 0) is 19.1 Å². The average Bonchev–Trinajstić information content (AvgIpc) is 3.03. The first-order valence-corrected chi connectivity index (χ1v) is 7.36. The molecule has 0 unspecified atom stereocenters. The number of nitrogens with one attached hydrogen (secondary N) is 2. The molecule has 1 aromatic carbocycles. The first kappa shape index (κ1) is 17.3. The Morgan fingerprint density at radius 2 is 1.75 bits per heavy atom. The maximum Gasteiger partial charge on any atom is 0.273 e. The minimum atomic E-state index is -0.395. The number of amides is 2. The van der Waals surface area contributed by atoms with E-state index in [1.54, 1.807) is 29.1 Å². The van der Waals surface area contributed by atoms with Crippen molar-refractivity contribution in [2.45, 2.75) is 13.5 Å². The van der Waals surface area contributed by atoms with E-state index in [2.05, 4.69) is 15.7 Å². The molecular weight excluding hydrogens is 312 g/mol. The van der Waals surface area contributed by atoms with E-state index in [4.69, 9.17) is 9.47 Å². The molecule has 0 radical (unpaired) electrons. The van der Waals surface area contributed by atoms with E-state index < -0.39 is 5.91 Å². The summed E-state index contributed by atoms with van der Waals surface area (Å²) in [6.07, 6.45) is 1.61. The van der Waals surface area contributed by atoms with Crippen LogP contribution in [0.3, 0.4) is 0 Å². The van der Waals surface area contributed by atoms with Crippen LogP contribution in [0.25, 0.3) is 0 Å². The number of benzene rings is 1. The van der Waals surface area contributed by atoms with Crippen LogP contribution < -0.4 is 20.1 Å². The van der Waals surface area contributed by atoms with Crippen LogP contribution in [0, 0.1) is 0 Å². The summed E-state index contributed by atoms with van der Waals surface area (Å²) < 4.78 is 11.9. The van der Waals surface area contributed by atoms with Gasteiger partial charge in [-0.25, -0.2) is 0 Å². The van der Waals surface area contributed by atoms with Gasteiger partial charge in [-0.2, -0.15) is 5.10 Å². The Morgan fingerprint density at radius 3 is 2.25 bits per heavy atom. The largest absolute Gasteiger partial charge is 0.497 e. The van der Waals surface area contributed by atoms with Gasteiger partial charge in [-0.1, -0.05) is 0 Å². The lowest BCUT2D eigenvalue weighted by Gasteiger charge is -2.09. The fraction of sp³-hybridized carbons (Fsp3) is 0.312. The molecule has 128 valence electrons. The summed E-state index contributed by atoms with van der Waals surface area (Å²) in [5, 5.41) is 9.36. The minimum Gasteiger partial charge on any atom is -0.497 e. The lowest BCUT2D eigenvalue weighted by atomic mass is 10.2. The quantitative estimate of drug-likeness (QED) is 0.836. The third kappa shape index (κ3) is 3.65. The van der Waals surface area contributed by atoms with E-state index >= 15 is 0 Å². The maximum absolute atomic E-state index is 12.5. The first-order chi connectivity index (χ1) is 11.5. The van der Waals surface area contributed by atoms with Crippen molar-refractivity contribution >= 4 is 17.5 Å². The highest BCUT2D eigenvalue weighted by molar-refractivity contribution is 6.08. The number of aromatic nitrogens is 2. The molecule has 0 fully saturated rings. The number of hydrogen-bond acceptors (Lipinski definition) is 5. The molecule has 0 bridgehead atoms. The van der Waals surface area contributed by atoms with Crippen LogP contribution in [-0.2, 0) is 6.54 Å². The van der Waals surface area contributed by atoms with Crippen molar-refractivity contribution in [1.82, 2.24) is 15.1 Å². The van der Waals surface area contributed by atoms with Gasteiger partial charge >= 0.3 is 0 Å². The predicted octanol–water partition coefficient (Wildman–Crippen LogP) is 1.53. The number of ether oxygens (including phenoxy) is 2. The topological polar surface area (TPSA) is 94.5 Å². The van der Waals surface area contributed by atoms with Gasteiger partial charge in [0.15, 0.2) is 5.69 Å². The molecule has 0 saturated carbocycles. The highest BCUT2D eigenvalue weighted by atomic mass is 16.5. The fourth-order valence-corrected chi connectivity index (χ4v) is 2.09. The molecule has 0 spiro atoms. The maximum atomic E-state index is 12.5. The molecule has 0 aliphatic carbocycles. The van der Waals surface area contributed by atoms with Gasteiger partial charge in [-0.3, -0.25) is 14.3 Å². The summed E-state index contributed by atoms with van der Waals surface area (Å²) in [7, 11) is 4.52. The summed E-state index contributed by atoms with van der Waals surface area (Å²) >= 11 is 0. The fourth-order valence-electron chi connectivity index (χ4n) is 2.09. The zero-order valence-corrected chi connectivity index (χ0v) is 14.0. The molecule has 2 N–H and O–H groups in total. The molecule has 1 aromatic heterocycles. The van der Waals surface area contributed by atoms with E-state index in [1.807, 2.05) is 6.92 Å². The second kappa shape index (κ2) is 7.49. The minimum absolute atomic E-state index is 0.155. The van der Waals surface area contributed by atoms with E-state index in [9.17, 15) is 9.59 Å². The number of methoxy groups -OCH3 is 2. The monoisotopic (exact) mass is 332 g/mol. The van der Waals surface area contributed by atoms with Crippen molar-refractivity contribution in [2.75, 3.05) is 26.6 Å². The van der Waals surface area contributed by atoms with Crippen molar-refractivity contribution in [3.8, 4) is 11.5 Å². The second-order valence-corrected chi connectivity index (χ2v) is 4.88. The number of anilines is 1. The van der Waals surface area contributed by atoms with Gasteiger partial charge in [0.1, 0.15) is 11.5 Å². The predicted molar refractivity (Wildman–Crippen MR) is 88.8 cm³/mol. The standard InChI is InChI=1S/C16H20N4O4/c1-5-20-9-13(14(19-20)16(22)17-2)18-15(21)10-6-11(23-3)8-12(7-10)24-4/h6-9H,5H2,1-4H3,(H,17,22)(H,18,21). The summed E-state index contributed by atoms with van der Waals surface area (Å²) in [4.78, 5) is 24.4. The van der Waals surface area contributed by atoms with Gasteiger partial charge < -0.3 is 20.1 Å². The molecule has 24 heavy (non-hydrogen) atoms. The van der Waals surface area contributed by atoms with Crippen LogP contribution in [-0.4, -0.2) is 42.9 Å². The van der Waals surface area contributed by atoms with Gasteiger partial charge in [-0.15, -0.1) is 0 Å². The van der Waals surface area contributed by atoms with E-state index in [-0.39, 0.29) is 11.6 Å². The van der Waals surface area contributed by atoms with Gasteiger partial charge in [0.05, 0.1) is 19.9 Å². The molecule has 0 atom stereocenters. The normalized spacial score (nSPS) is 10.2. The molecule has 8 heteroatoms.